The second-order valence-corrected chi connectivity index (χ2v) is 9.20. The molecular weight excluding hydrogens is 515 g/mol. The van der Waals surface area contributed by atoms with E-state index in [0.29, 0.717) is 17.1 Å². The Morgan fingerprint density at radius 1 is 0.974 bits per heavy atom. The van der Waals surface area contributed by atoms with Crippen LogP contribution in [-0.2, 0) is 16.1 Å². The molecule has 0 spiro atoms. The summed E-state index contributed by atoms with van der Waals surface area (Å²) in [6, 6.07) is 14.8. The van der Waals surface area contributed by atoms with Gasteiger partial charge >= 0.3 is 6.18 Å². The van der Waals surface area contributed by atoms with E-state index in [1.165, 1.54) is 47.4 Å². The van der Waals surface area contributed by atoms with Gasteiger partial charge in [-0.15, -0.1) is 0 Å². The highest BCUT2D eigenvalue weighted by Crippen LogP contribution is 2.35. The maximum absolute atomic E-state index is 14.0. The fourth-order valence-corrected chi connectivity index (χ4v) is 4.64. The van der Waals surface area contributed by atoms with Gasteiger partial charge in [-0.3, -0.25) is 24.5 Å². The molecule has 1 unspecified atom stereocenters. The van der Waals surface area contributed by atoms with Gasteiger partial charge in [0, 0.05) is 24.1 Å². The maximum atomic E-state index is 14.0. The Hall–Kier alpha value is -4.67. The summed E-state index contributed by atoms with van der Waals surface area (Å²) in [7, 11) is 0. The Morgan fingerprint density at radius 3 is 2.33 bits per heavy atom. The Bertz CT molecular complexity index is 1440. The molecule has 2 N–H and O–H groups in total. The van der Waals surface area contributed by atoms with Gasteiger partial charge in [-0.05, 0) is 60.0 Å². The van der Waals surface area contributed by atoms with Crippen molar-refractivity contribution < 1.29 is 37.1 Å². The lowest BCUT2D eigenvalue weighted by Crippen LogP contribution is -2.52. The summed E-state index contributed by atoms with van der Waals surface area (Å²) in [6.45, 7) is -0.00681. The number of nitrogens with one attached hydrogen (secondary N) is 2. The second-order valence-electron chi connectivity index (χ2n) is 9.20. The van der Waals surface area contributed by atoms with Crippen LogP contribution in [0, 0.1) is 0 Å². The van der Waals surface area contributed by atoms with Crippen molar-refractivity contribution in [3.63, 3.8) is 0 Å². The number of alkyl halides is 3. The van der Waals surface area contributed by atoms with Crippen molar-refractivity contribution in [3.05, 3.63) is 95.1 Å². The van der Waals surface area contributed by atoms with E-state index in [1.54, 1.807) is 30.3 Å². The lowest BCUT2D eigenvalue weighted by Gasteiger charge is -2.29. The van der Waals surface area contributed by atoms with Crippen molar-refractivity contribution in [1.29, 1.82) is 0 Å². The summed E-state index contributed by atoms with van der Waals surface area (Å²) >= 11 is 0. The van der Waals surface area contributed by atoms with Crippen LogP contribution in [-0.4, -0.2) is 40.7 Å². The second kappa shape index (κ2) is 10.2. The van der Waals surface area contributed by atoms with Crippen LogP contribution < -0.4 is 15.4 Å². The number of nitrogens with zero attached hydrogens (tertiary/aromatic N) is 1. The van der Waals surface area contributed by atoms with Crippen molar-refractivity contribution >= 4 is 23.6 Å². The van der Waals surface area contributed by atoms with Crippen LogP contribution in [0.1, 0.15) is 50.7 Å². The zero-order valence-electron chi connectivity index (χ0n) is 20.3. The molecule has 11 heteroatoms. The lowest BCUT2D eigenvalue weighted by molar-refractivity contribution is -0.155. The van der Waals surface area contributed by atoms with Gasteiger partial charge in [0.25, 0.3) is 11.8 Å². The highest BCUT2D eigenvalue weighted by Gasteiger charge is 2.43. The minimum Gasteiger partial charge on any atom is -0.457 e. The maximum Gasteiger partial charge on any atom is 0.412 e. The van der Waals surface area contributed by atoms with Gasteiger partial charge in [0.05, 0.1) is 0 Å². The Balaban J connectivity index is 1.31. The average molecular weight is 537 g/mol. The van der Waals surface area contributed by atoms with Crippen LogP contribution >= 0.6 is 0 Å². The van der Waals surface area contributed by atoms with Crippen LogP contribution in [0.3, 0.4) is 0 Å². The summed E-state index contributed by atoms with van der Waals surface area (Å²) in [6.07, 6.45) is -4.53. The van der Waals surface area contributed by atoms with Crippen molar-refractivity contribution in [3.8, 4) is 11.5 Å². The average Bonchev–Trinajstić information content (AvgIpc) is 3.23. The smallest absolute Gasteiger partial charge is 0.412 e. The third-order valence-corrected chi connectivity index (χ3v) is 6.58. The molecule has 2 aliphatic rings. The first-order valence-electron chi connectivity index (χ1n) is 12.1. The van der Waals surface area contributed by atoms with E-state index in [0.717, 1.165) is 0 Å². The van der Waals surface area contributed by atoms with Crippen LogP contribution in [0.25, 0.3) is 0 Å². The Kier molecular flexibility index (Phi) is 6.81. The molecule has 4 amide bonds. The number of imide groups is 1. The van der Waals surface area contributed by atoms with Gasteiger partial charge in [0.1, 0.15) is 17.5 Å². The number of benzene rings is 3. The van der Waals surface area contributed by atoms with E-state index in [4.69, 9.17) is 4.74 Å². The largest absolute Gasteiger partial charge is 0.457 e. The van der Waals surface area contributed by atoms with Crippen LogP contribution in [0.2, 0.25) is 0 Å². The quantitative estimate of drug-likeness (QED) is 0.457. The number of fused-ring (bicyclic) bond motifs is 1. The standard InChI is InChI=1S/C28H22F3N3O5/c29-28(30,31)24(16-6-9-20(10-7-16)39-19-4-2-1-3-5-19)33-25(36)17-8-11-21-18(14-17)15-34(27(21)38)22-12-13-23(35)32-26(22)37/h1-11,14,22,24H,12-13,15H2,(H,33,36)(H,32,35,37)/t22?,24-/m1/s1. The first-order chi connectivity index (χ1) is 18.6. The zero-order valence-corrected chi connectivity index (χ0v) is 20.3. The molecule has 0 aromatic heterocycles. The lowest BCUT2D eigenvalue weighted by atomic mass is 10.0. The number of rotatable bonds is 6. The number of amides is 4. The molecule has 3 aromatic carbocycles. The highest BCUT2D eigenvalue weighted by atomic mass is 19.4. The first kappa shape index (κ1) is 26.0. The first-order valence-corrected chi connectivity index (χ1v) is 12.1. The number of carbonyl (C=O) groups excluding carboxylic acids is 4. The molecule has 2 heterocycles. The number of halogens is 3. The highest BCUT2D eigenvalue weighted by molar-refractivity contribution is 6.06. The molecule has 1 saturated heterocycles. The molecule has 3 aromatic rings. The molecule has 5 rings (SSSR count). The fraction of sp³-hybridized carbons (Fsp3) is 0.214. The van der Waals surface area contributed by atoms with Gasteiger partial charge in [-0.1, -0.05) is 30.3 Å². The molecule has 1 fully saturated rings. The number of ether oxygens (including phenoxy) is 1. The topological polar surface area (TPSA) is 105 Å². The van der Waals surface area contributed by atoms with Gasteiger partial charge < -0.3 is 15.0 Å². The normalized spacial score (nSPS) is 17.9. The molecule has 8 nitrogen and oxygen atoms in total. The summed E-state index contributed by atoms with van der Waals surface area (Å²) in [5, 5.41) is 4.24. The summed E-state index contributed by atoms with van der Waals surface area (Å²) in [5.74, 6) is -1.57. The molecule has 2 atom stereocenters. The summed E-state index contributed by atoms with van der Waals surface area (Å²) < 4.78 is 47.5. The van der Waals surface area contributed by atoms with E-state index >= 15 is 0 Å². The molecule has 0 bridgehead atoms. The third-order valence-electron chi connectivity index (χ3n) is 6.58. The number of piperidine rings is 1. The molecule has 39 heavy (non-hydrogen) atoms. The number of carbonyl (C=O) groups is 4. The Labute approximate surface area is 220 Å². The van der Waals surface area contributed by atoms with Crippen molar-refractivity contribution in [2.24, 2.45) is 0 Å². The van der Waals surface area contributed by atoms with Crippen LogP contribution in [0.4, 0.5) is 13.2 Å². The van der Waals surface area contributed by atoms with Gasteiger partial charge in [0.2, 0.25) is 11.8 Å². The van der Waals surface area contributed by atoms with Crippen molar-refractivity contribution in [2.75, 3.05) is 0 Å². The Morgan fingerprint density at radius 2 is 1.67 bits per heavy atom. The van der Waals surface area contributed by atoms with E-state index in [2.05, 4.69) is 5.32 Å². The van der Waals surface area contributed by atoms with E-state index in [1.807, 2.05) is 5.32 Å². The number of hydrogen-bond acceptors (Lipinski definition) is 5. The molecule has 200 valence electrons. The summed E-state index contributed by atoms with van der Waals surface area (Å²) in [5.41, 5.74) is 0.405. The number of para-hydroxylation sites is 1. The molecule has 2 aliphatic heterocycles. The number of hydrogen-bond donors (Lipinski definition) is 2. The molecular formula is C28H22F3N3O5. The third kappa shape index (κ3) is 5.47. The predicted octanol–water partition coefficient (Wildman–Crippen LogP) is 4.27. The van der Waals surface area contributed by atoms with Gasteiger partial charge in [-0.25, -0.2) is 0 Å². The SMILES string of the molecule is O=C1CCC(N2Cc3cc(C(=O)N[C@H](c4ccc(Oc5ccccc5)cc4)C(F)(F)F)ccc3C2=O)C(=O)N1. The molecule has 0 saturated carbocycles. The molecule has 0 radical (unpaired) electrons. The minimum atomic E-state index is -4.78. The monoisotopic (exact) mass is 537 g/mol. The van der Waals surface area contributed by atoms with Gasteiger partial charge in [0.15, 0.2) is 6.04 Å². The van der Waals surface area contributed by atoms with Crippen molar-refractivity contribution in [1.82, 2.24) is 15.5 Å². The zero-order chi connectivity index (χ0) is 27.7. The predicted molar refractivity (Wildman–Crippen MR) is 132 cm³/mol. The van der Waals surface area contributed by atoms with Gasteiger partial charge in [-0.2, -0.15) is 13.2 Å². The van der Waals surface area contributed by atoms with Crippen LogP contribution in [0.15, 0.2) is 72.8 Å². The van der Waals surface area contributed by atoms with Crippen molar-refractivity contribution in [2.45, 2.75) is 37.6 Å². The minimum absolute atomic E-state index is 0.00681. The molecule has 0 aliphatic carbocycles. The van der Waals surface area contributed by atoms with E-state index in [9.17, 15) is 32.3 Å². The van der Waals surface area contributed by atoms with E-state index < -0.39 is 41.9 Å². The van der Waals surface area contributed by atoms with Crippen LogP contribution in [0.5, 0.6) is 11.5 Å². The van der Waals surface area contributed by atoms with E-state index in [-0.39, 0.29) is 36.1 Å². The summed E-state index contributed by atoms with van der Waals surface area (Å²) in [4.78, 5) is 50.7. The fourth-order valence-electron chi connectivity index (χ4n) is 4.64.